The molecule has 1 amide bonds. The summed E-state index contributed by atoms with van der Waals surface area (Å²) >= 11 is 1.50. The van der Waals surface area contributed by atoms with E-state index in [1.54, 1.807) is 10.6 Å². The highest BCUT2D eigenvalue weighted by atomic mass is 32.2. The van der Waals surface area contributed by atoms with E-state index in [2.05, 4.69) is 15.2 Å². The molecular weight excluding hydrogens is 364 g/mol. The van der Waals surface area contributed by atoms with E-state index in [-0.39, 0.29) is 22.8 Å². The Bertz CT molecular complexity index is 723. The predicted octanol–water partition coefficient (Wildman–Crippen LogP) is 1.10. The lowest BCUT2D eigenvalue weighted by atomic mass is 9.92. The van der Waals surface area contributed by atoms with Gasteiger partial charge in [0.1, 0.15) is 0 Å². The minimum Gasteiger partial charge on any atom is -0.379 e. The normalized spacial score (nSPS) is 20.9. The fourth-order valence-electron chi connectivity index (χ4n) is 3.24. The lowest BCUT2D eigenvalue weighted by Crippen LogP contribution is -2.42. The van der Waals surface area contributed by atoms with Crippen LogP contribution in [0.4, 0.5) is 0 Å². The average Bonchev–Trinajstić information content (AvgIpc) is 2.65. The maximum absolute atomic E-state index is 12.5. The number of nitrogens with one attached hydrogen (secondary N) is 1. The Morgan fingerprint density at radius 3 is 2.81 bits per heavy atom. The van der Waals surface area contributed by atoms with Gasteiger partial charge < -0.3 is 10.1 Å². The van der Waals surface area contributed by atoms with Crippen molar-refractivity contribution >= 4 is 17.7 Å². The topological polar surface area (TPSA) is 76.5 Å². The smallest absolute Gasteiger partial charge is 0.254 e. The lowest BCUT2D eigenvalue weighted by molar-refractivity contribution is -0.124. The summed E-state index contributed by atoms with van der Waals surface area (Å²) in [6.45, 7) is 11.7. The molecule has 0 bridgehead atoms. The van der Waals surface area contributed by atoms with E-state index in [9.17, 15) is 9.59 Å². The van der Waals surface area contributed by atoms with E-state index >= 15 is 0 Å². The zero-order valence-corrected chi connectivity index (χ0v) is 17.3. The van der Waals surface area contributed by atoms with Gasteiger partial charge in [-0.15, -0.1) is 0 Å². The van der Waals surface area contributed by atoms with Crippen LogP contribution in [0.5, 0.6) is 0 Å². The molecule has 0 spiro atoms. The first-order valence-electron chi connectivity index (χ1n) is 9.67. The molecule has 2 aliphatic rings. The Labute approximate surface area is 164 Å². The van der Waals surface area contributed by atoms with Crippen LogP contribution in [0.3, 0.4) is 0 Å². The van der Waals surface area contributed by atoms with Gasteiger partial charge in [-0.2, -0.15) is 0 Å². The van der Waals surface area contributed by atoms with Gasteiger partial charge in [0.2, 0.25) is 5.91 Å². The van der Waals surface area contributed by atoms with Gasteiger partial charge in [0.25, 0.3) is 5.56 Å². The van der Waals surface area contributed by atoms with Gasteiger partial charge in [0.05, 0.1) is 24.8 Å². The van der Waals surface area contributed by atoms with Crippen LogP contribution in [0.2, 0.25) is 0 Å². The van der Waals surface area contributed by atoms with Crippen molar-refractivity contribution in [2.75, 3.05) is 45.1 Å². The molecule has 0 aromatic carbocycles. The number of hydrogen-bond acceptors (Lipinski definition) is 6. The molecule has 1 unspecified atom stereocenters. The monoisotopic (exact) mass is 394 g/mol. The molecule has 150 valence electrons. The molecule has 1 fully saturated rings. The Hall–Kier alpha value is -1.38. The van der Waals surface area contributed by atoms with Gasteiger partial charge in [-0.3, -0.25) is 19.1 Å². The van der Waals surface area contributed by atoms with Crippen LogP contribution in [-0.4, -0.2) is 65.5 Å². The van der Waals surface area contributed by atoms with Crippen molar-refractivity contribution in [3.63, 3.8) is 0 Å². The van der Waals surface area contributed by atoms with Gasteiger partial charge in [-0.1, -0.05) is 32.5 Å². The van der Waals surface area contributed by atoms with Gasteiger partial charge in [0, 0.05) is 43.4 Å². The van der Waals surface area contributed by atoms with Crippen molar-refractivity contribution in [2.45, 2.75) is 44.3 Å². The second-order valence-corrected chi connectivity index (χ2v) is 9.22. The van der Waals surface area contributed by atoms with Crippen LogP contribution >= 0.6 is 11.8 Å². The molecule has 8 heteroatoms. The quantitative estimate of drug-likeness (QED) is 0.595. The number of rotatable bonds is 5. The fourth-order valence-corrected chi connectivity index (χ4v) is 4.33. The van der Waals surface area contributed by atoms with Crippen LogP contribution in [0.15, 0.2) is 16.0 Å². The first-order chi connectivity index (χ1) is 12.8. The van der Waals surface area contributed by atoms with Crippen LogP contribution < -0.4 is 10.9 Å². The Kier molecular flexibility index (Phi) is 6.60. The second-order valence-electron chi connectivity index (χ2n) is 8.23. The van der Waals surface area contributed by atoms with Gasteiger partial charge in [0.15, 0.2) is 5.16 Å². The number of morpholine rings is 1. The molecule has 1 N–H and O–H groups in total. The minimum absolute atomic E-state index is 0.0296. The number of nitrogens with zero attached hydrogens (tertiary/aromatic N) is 3. The third kappa shape index (κ3) is 5.33. The van der Waals surface area contributed by atoms with E-state index in [1.165, 1.54) is 11.8 Å². The number of thioether (sulfide) groups is 1. The van der Waals surface area contributed by atoms with Crippen LogP contribution in [0.1, 0.15) is 32.9 Å². The Morgan fingerprint density at radius 2 is 2.11 bits per heavy atom. The third-order valence-corrected chi connectivity index (χ3v) is 6.12. The zero-order valence-electron chi connectivity index (χ0n) is 16.5. The highest BCUT2D eigenvalue weighted by Gasteiger charge is 2.28. The van der Waals surface area contributed by atoms with Crippen LogP contribution in [0.25, 0.3) is 0 Å². The number of amides is 1. The first-order valence-corrected chi connectivity index (χ1v) is 10.7. The summed E-state index contributed by atoms with van der Waals surface area (Å²) in [5.41, 5.74) is 0.573. The van der Waals surface area contributed by atoms with E-state index in [0.717, 1.165) is 50.1 Å². The SMILES string of the molecule is CC(C)(C)c1cc(=O)n2c(n1)SCC(C(=O)NCCCN1CCOCC1)C2. The van der Waals surface area contributed by atoms with Gasteiger partial charge >= 0.3 is 0 Å². The molecule has 0 aliphatic carbocycles. The highest BCUT2D eigenvalue weighted by Crippen LogP contribution is 2.27. The number of fused-ring (bicyclic) bond motifs is 1. The molecule has 7 nitrogen and oxygen atoms in total. The Balaban J connectivity index is 1.51. The zero-order chi connectivity index (χ0) is 19.4. The standard InChI is InChI=1S/C19H30N4O3S/c1-19(2,3)15-11-16(24)23-12-14(13-27-18(23)21-15)17(25)20-5-4-6-22-7-9-26-10-8-22/h11,14H,4-10,12-13H2,1-3H3,(H,20,25). The highest BCUT2D eigenvalue weighted by molar-refractivity contribution is 7.99. The van der Waals surface area contributed by atoms with E-state index in [1.807, 2.05) is 20.8 Å². The Morgan fingerprint density at radius 1 is 1.37 bits per heavy atom. The summed E-state index contributed by atoms with van der Waals surface area (Å²) in [6, 6.07) is 1.60. The van der Waals surface area contributed by atoms with Gasteiger partial charge in [-0.05, 0) is 13.0 Å². The summed E-state index contributed by atoms with van der Waals surface area (Å²) in [6.07, 6.45) is 0.929. The van der Waals surface area contributed by atoms with Crippen molar-refractivity contribution in [1.29, 1.82) is 0 Å². The van der Waals surface area contributed by atoms with Crippen molar-refractivity contribution in [3.8, 4) is 0 Å². The maximum atomic E-state index is 12.5. The van der Waals surface area contributed by atoms with E-state index < -0.39 is 0 Å². The molecule has 3 rings (SSSR count). The molecular formula is C19H30N4O3S. The summed E-state index contributed by atoms with van der Waals surface area (Å²) in [5, 5.41) is 3.76. The number of carbonyl (C=O) groups excluding carboxylic acids is 1. The molecule has 2 aliphatic heterocycles. The summed E-state index contributed by atoms with van der Waals surface area (Å²) < 4.78 is 6.98. The average molecular weight is 395 g/mol. The van der Waals surface area contributed by atoms with E-state index in [0.29, 0.717) is 18.8 Å². The molecule has 1 aromatic rings. The summed E-state index contributed by atoms with van der Waals surface area (Å²) in [7, 11) is 0. The molecule has 1 atom stereocenters. The van der Waals surface area contributed by atoms with Gasteiger partial charge in [-0.25, -0.2) is 4.98 Å². The van der Waals surface area contributed by atoms with E-state index in [4.69, 9.17) is 4.74 Å². The maximum Gasteiger partial charge on any atom is 0.254 e. The number of ether oxygens (including phenoxy) is 1. The van der Waals surface area contributed by atoms with Crippen LogP contribution in [-0.2, 0) is 21.5 Å². The van der Waals surface area contributed by atoms with Crippen molar-refractivity contribution in [1.82, 2.24) is 19.8 Å². The number of carbonyl (C=O) groups is 1. The first kappa shape index (κ1) is 20.4. The predicted molar refractivity (Wildman–Crippen MR) is 106 cm³/mol. The van der Waals surface area contributed by atoms with Crippen LogP contribution in [0, 0.1) is 5.92 Å². The van der Waals surface area contributed by atoms with Crippen molar-refractivity contribution < 1.29 is 9.53 Å². The fraction of sp³-hybridized carbons (Fsp3) is 0.737. The minimum atomic E-state index is -0.189. The van der Waals surface area contributed by atoms with Crippen molar-refractivity contribution in [3.05, 3.63) is 22.1 Å². The molecule has 1 aromatic heterocycles. The largest absolute Gasteiger partial charge is 0.379 e. The van der Waals surface area contributed by atoms with Crippen molar-refractivity contribution in [2.24, 2.45) is 5.92 Å². The molecule has 0 radical (unpaired) electrons. The third-order valence-electron chi connectivity index (χ3n) is 4.98. The lowest BCUT2D eigenvalue weighted by Gasteiger charge is -2.27. The summed E-state index contributed by atoms with van der Waals surface area (Å²) in [4.78, 5) is 32.0. The summed E-state index contributed by atoms with van der Waals surface area (Å²) in [5.74, 6) is 0.503. The molecule has 1 saturated heterocycles. The number of hydrogen-bond donors (Lipinski definition) is 1. The number of aromatic nitrogens is 2. The molecule has 0 saturated carbocycles. The molecule has 27 heavy (non-hydrogen) atoms. The second kappa shape index (κ2) is 8.75. The molecule has 3 heterocycles.